The first-order valence-corrected chi connectivity index (χ1v) is 13.1. The van der Waals surface area contributed by atoms with Crippen LogP contribution in [0.2, 0.25) is 0 Å². The van der Waals surface area contributed by atoms with Crippen molar-refractivity contribution in [2.45, 2.75) is 24.7 Å². The Morgan fingerprint density at radius 3 is 2.53 bits per heavy atom. The van der Waals surface area contributed by atoms with Crippen molar-refractivity contribution in [1.82, 2.24) is 9.88 Å². The minimum Gasteiger partial charge on any atom is -0.436 e. The fraction of sp³-hybridized carbons (Fsp3) is 0.269. The van der Waals surface area contributed by atoms with Crippen molar-refractivity contribution in [1.29, 1.82) is 0 Å². The predicted octanol–water partition coefficient (Wildman–Crippen LogP) is 5.30. The van der Waals surface area contributed by atoms with E-state index in [1.807, 2.05) is 25.1 Å². The van der Waals surface area contributed by atoms with Gasteiger partial charge in [-0.25, -0.2) is 4.98 Å². The zero-order valence-corrected chi connectivity index (χ0v) is 21.0. The number of nitrogens with zero attached hydrogens (tertiary/aromatic N) is 2. The normalized spacial score (nSPS) is 15.1. The van der Waals surface area contributed by atoms with Crippen LogP contribution in [0, 0.1) is 6.92 Å². The number of rotatable bonds is 7. The number of benzene rings is 3. The third-order valence-electron chi connectivity index (χ3n) is 5.89. The third-order valence-corrected chi connectivity index (χ3v) is 7.17. The summed E-state index contributed by atoms with van der Waals surface area (Å²) < 4.78 is 85.5. The first-order valence-electron chi connectivity index (χ1n) is 11.7. The maximum absolute atomic E-state index is 13.1. The van der Waals surface area contributed by atoms with E-state index in [1.165, 1.54) is 18.2 Å². The molecule has 1 saturated heterocycles. The molecule has 200 valence electrons. The number of hydrogen-bond acceptors (Lipinski definition) is 8. The summed E-state index contributed by atoms with van der Waals surface area (Å²) in [4.78, 5) is 5.86. The fourth-order valence-electron chi connectivity index (χ4n) is 4.11. The molecule has 38 heavy (non-hydrogen) atoms. The molecule has 3 aromatic carbocycles. The Morgan fingerprint density at radius 1 is 1.00 bits per heavy atom. The van der Waals surface area contributed by atoms with Crippen LogP contribution in [0.4, 0.5) is 13.2 Å². The molecule has 1 aliphatic rings. The molecule has 1 aliphatic heterocycles. The van der Waals surface area contributed by atoms with E-state index >= 15 is 0 Å². The van der Waals surface area contributed by atoms with Gasteiger partial charge in [0.25, 0.3) is 0 Å². The van der Waals surface area contributed by atoms with Crippen LogP contribution in [-0.2, 0) is 21.4 Å². The lowest BCUT2D eigenvalue weighted by molar-refractivity contribution is -0.275. The second-order valence-electron chi connectivity index (χ2n) is 8.73. The smallest absolute Gasteiger partial charge is 0.436 e. The Bertz CT molecular complexity index is 1560. The zero-order chi connectivity index (χ0) is 26.9. The summed E-state index contributed by atoms with van der Waals surface area (Å²) in [5.41, 5.74) is 3.38. The Hall–Kier alpha value is -3.61. The number of halogens is 3. The van der Waals surface area contributed by atoms with Gasteiger partial charge in [0, 0.05) is 30.8 Å². The van der Waals surface area contributed by atoms with Gasteiger partial charge in [0.1, 0.15) is 16.2 Å². The van der Waals surface area contributed by atoms with Crippen LogP contribution in [0.3, 0.4) is 0 Å². The van der Waals surface area contributed by atoms with E-state index in [2.05, 4.69) is 14.6 Å². The molecule has 0 unspecified atom stereocenters. The summed E-state index contributed by atoms with van der Waals surface area (Å²) in [5, 5.41) is 0. The number of hydrogen-bond donors (Lipinski definition) is 0. The Kier molecular flexibility index (Phi) is 7.03. The molecule has 0 radical (unpaired) electrons. The van der Waals surface area contributed by atoms with Gasteiger partial charge in [-0.2, -0.15) is 8.42 Å². The fourth-order valence-corrected chi connectivity index (χ4v) is 5.20. The van der Waals surface area contributed by atoms with E-state index in [0.717, 1.165) is 17.7 Å². The molecule has 0 bridgehead atoms. The van der Waals surface area contributed by atoms with E-state index < -0.39 is 27.1 Å². The molecular formula is C26H23F3N2O6S. The molecule has 1 aromatic heterocycles. The third kappa shape index (κ3) is 5.93. The van der Waals surface area contributed by atoms with E-state index in [0.29, 0.717) is 61.0 Å². The summed E-state index contributed by atoms with van der Waals surface area (Å²) >= 11 is 0. The largest absolute Gasteiger partial charge is 0.573 e. The minimum atomic E-state index is -5.08. The lowest BCUT2D eigenvalue weighted by atomic mass is 10.1. The first kappa shape index (κ1) is 26.0. The molecule has 0 aliphatic carbocycles. The highest BCUT2D eigenvalue weighted by atomic mass is 32.2. The van der Waals surface area contributed by atoms with Crippen molar-refractivity contribution in [3.63, 3.8) is 0 Å². The van der Waals surface area contributed by atoms with Crippen molar-refractivity contribution in [2.75, 3.05) is 26.3 Å². The van der Waals surface area contributed by atoms with Crippen LogP contribution >= 0.6 is 0 Å². The molecule has 0 atom stereocenters. The van der Waals surface area contributed by atoms with Crippen molar-refractivity contribution >= 4 is 21.2 Å². The number of oxazole rings is 1. The number of aryl methyl sites for hydroxylation is 1. The number of aromatic nitrogens is 1. The second kappa shape index (κ2) is 10.3. The summed E-state index contributed by atoms with van der Waals surface area (Å²) in [6, 6.07) is 14.8. The second-order valence-corrected chi connectivity index (χ2v) is 10.2. The van der Waals surface area contributed by atoms with Gasteiger partial charge in [-0.15, -0.1) is 13.2 Å². The number of ether oxygens (including phenoxy) is 2. The number of alkyl halides is 3. The first-order chi connectivity index (χ1) is 18.1. The van der Waals surface area contributed by atoms with Crippen LogP contribution < -0.4 is 8.92 Å². The number of fused-ring (bicyclic) bond motifs is 1. The number of morpholine rings is 1. The standard InChI is InChI=1S/C26H23F3N2O6S/c1-17-6-8-22-20(14-17)30-25(35-22)18-7-9-21(19(15-18)16-31-10-12-34-13-11-31)37-38(32,33)24-5-3-2-4-23(24)36-26(27,28)29/h2-9,14-15H,10-13,16H2,1H3. The summed E-state index contributed by atoms with van der Waals surface area (Å²) in [6.07, 6.45) is -5.08. The van der Waals surface area contributed by atoms with Crippen LogP contribution in [0.5, 0.6) is 11.5 Å². The van der Waals surface area contributed by atoms with Gasteiger partial charge >= 0.3 is 16.5 Å². The van der Waals surface area contributed by atoms with Gasteiger partial charge in [0.15, 0.2) is 11.3 Å². The van der Waals surface area contributed by atoms with E-state index in [4.69, 9.17) is 13.3 Å². The van der Waals surface area contributed by atoms with Gasteiger partial charge in [0.2, 0.25) is 5.89 Å². The molecule has 0 saturated carbocycles. The molecule has 0 spiro atoms. The summed E-state index contributed by atoms with van der Waals surface area (Å²) in [7, 11) is -4.69. The van der Waals surface area contributed by atoms with E-state index in [-0.39, 0.29) is 5.75 Å². The highest BCUT2D eigenvalue weighted by molar-refractivity contribution is 7.87. The van der Waals surface area contributed by atoms with Crippen LogP contribution in [-0.4, -0.2) is 51.0 Å². The van der Waals surface area contributed by atoms with Crippen LogP contribution in [0.1, 0.15) is 11.1 Å². The monoisotopic (exact) mass is 548 g/mol. The summed E-state index contributed by atoms with van der Waals surface area (Å²) in [6.45, 7) is 4.50. The highest BCUT2D eigenvalue weighted by Gasteiger charge is 2.34. The van der Waals surface area contributed by atoms with Gasteiger partial charge < -0.3 is 18.1 Å². The molecule has 5 rings (SSSR count). The van der Waals surface area contributed by atoms with Gasteiger partial charge in [-0.05, 0) is 55.0 Å². The maximum Gasteiger partial charge on any atom is 0.573 e. The minimum absolute atomic E-state index is 0.0333. The van der Waals surface area contributed by atoms with Gasteiger partial charge in [-0.3, -0.25) is 4.90 Å². The molecule has 1 fully saturated rings. The maximum atomic E-state index is 13.1. The average Bonchev–Trinajstić information content (AvgIpc) is 3.28. The average molecular weight is 549 g/mol. The van der Waals surface area contributed by atoms with Crippen molar-refractivity contribution in [3.05, 3.63) is 71.8 Å². The number of para-hydroxylation sites is 1. The Balaban J connectivity index is 1.52. The highest BCUT2D eigenvalue weighted by Crippen LogP contribution is 2.34. The van der Waals surface area contributed by atoms with Crippen molar-refractivity contribution in [3.8, 4) is 23.0 Å². The molecule has 4 aromatic rings. The lowest BCUT2D eigenvalue weighted by Crippen LogP contribution is -2.35. The van der Waals surface area contributed by atoms with Crippen LogP contribution in [0.15, 0.2) is 70.0 Å². The quantitative estimate of drug-likeness (QED) is 0.288. The molecule has 2 heterocycles. The molecule has 8 nitrogen and oxygen atoms in total. The Labute approximate surface area is 216 Å². The van der Waals surface area contributed by atoms with E-state index in [9.17, 15) is 21.6 Å². The van der Waals surface area contributed by atoms with Crippen LogP contribution in [0.25, 0.3) is 22.6 Å². The lowest BCUT2D eigenvalue weighted by Gasteiger charge is -2.27. The molecular weight excluding hydrogens is 525 g/mol. The summed E-state index contributed by atoms with van der Waals surface area (Å²) in [5.74, 6) is -0.575. The molecule has 12 heteroatoms. The SMILES string of the molecule is Cc1ccc2oc(-c3ccc(OS(=O)(=O)c4ccccc4OC(F)(F)F)c(CN4CCOCC4)c3)nc2c1. The molecule has 0 N–H and O–H groups in total. The van der Waals surface area contributed by atoms with Gasteiger partial charge in [-0.1, -0.05) is 18.2 Å². The van der Waals surface area contributed by atoms with Crippen molar-refractivity contribution in [2.24, 2.45) is 0 Å². The Morgan fingerprint density at radius 2 is 1.76 bits per heavy atom. The van der Waals surface area contributed by atoms with Gasteiger partial charge in [0.05, 0.1) is 13.2 Å². The van der Waals surface area contributed by atoms with Crippen molar-refractivity contribution < 1.29 is 39.7 Å². The molecule has 0 amide bonds. The van der Waals surface area contributed by atoms with E-state index in [1.54, 1.807) is 12.1 Å². The zero-order valence-electron chi connectivity index (χ0n) is 20.2. The predicted molar refractivity (Wildman–Crippen MR) is 131 cm³/mol. The topological polar surface area (TPSA) is 91.1 Å².